The van der Waals surface area contributed by atoms with Gasteiger partial charge in [-0.2, -0.15) is 0 Å². The predicted octanol–water partition coefficient (Wildman–Crippen LogP) is 4.29. The second kappa shape index (κ2) is 6.39. The molecule has 1 heterocycles. The van der Waals surface area contributed by atoms with Gasteiger partial charge in [0, 0.05) is 11.0 Å². The summed E-state index contributed by atoms with van der Waals surface area (Å²) in [4.78, 5) is 4.97. The van der Waals surface area contributed by atoms with Gasteiger partial charge in [0.2, 0.25) is 0 Å². The summed E-state index contributed by atoms with van der Waals surface area (Å²) in [6.45, 7) is 2.89. The Morgan fingerprint density at radius 1 is 1.41 bits per heavy atom. The first-order chi connectivity index (χ1) is 8.29. The van der Waals surface area contributed by atoms with Crippen LogP contribution in [0, 0.1) is 0 Å². The molecule has 3 heteroatoms. The molecule has 94 valence electrons. The van der Waals surface area contributed by atoms with E-state index < -0.39 is 0 Å². The van der Waals surface area contributed by atoms with Gasteiger partial charge in [-0.1, -0.05) is 29.3 Å². The van der Waals surface area contributed by atoms with Gasteiger partial charge in [-0.25, -0.2) is 0 Å². The topological polar surface area (TPSA) is 22.1 Å². The van der Waals surface area contributed by atoms with Gasteiger partial charge in [0.25, 0.3) is 0 Å². The number of rotatable bonds is 4. The third-order valence-electron chi connectivity index (χ3n) is 3.29. The molecule has 2 unspecified atom stereocenters. The van der Waals surface area contributed by atoms with Crippen molar-refractivity contribution < 1.29 is 4.74 Å². The standard InChI is InChI=1S/C14H20BrNO/c1-2-6-17-14-8-12(9-16-10-14)11-4-3-5-13(15)7-11/h8-11,13H,2-7H2,1H3. The molecule has 2 atom stereocenters. The predicted molar refractivity (Wildman–Crippen MR) is 73.9 cm³/mol. The van der Waals surface area contributed by atoms with Crippen molar-refractivity contribution in [1.29, 1.82) is 0 Å². The third-order valence-corrected chi connectivity index (χ3v) is 4.12. The average molecular weight is 298 g/mol. The van der Waals surface area contributed by atoms with E-state index in [1.807, 2.05) is 12.4 Å². The highest BCUT2D eigenvalue weighted by Crippen LogP contribution is 2.36. The molecule has 0 radical (unpaired) electrons. The molecule has 17 heavy (non-hydrogen) atoms. The molecule has 1 aliphatic rings. The molecule has 2 rings (SSSR count). The van der Waals surface area contributed by atoms with E-state index in [-0.39, 0.29) is 0 Å². The smallest absolute Gasteiger partial charge is 0.137 e. The summed E-state index contributed by atoms with van der Waals surface area (Å²) < 4.78 is 5.64. The lowest BCUT2D eigenvalue weighted by molar-refractivity contribution is 0.315. The van der Waals surface area contributed by atoms with Crippen LogP contribution in [0.5, 0.6) is 5.75 Å². The first kappa shape index (κ1) is 12.9. The Kier molecular flexibility index (Phi) is 4.84. The van der Waals surface area contributed by atoms with Crippen molar-refractivity contribution in [3.63, 3.8) is 0 Å². The van der Waals surface area contributed by atoms with Gasteiger partial charge < -0.3 is 4.74 Å². The lowest BCUT2D eigenvalue weighted by Gasteiger charge is -2.25. The monoisotopic (exact) mass is 297 g/mol. The Labute approximate surface area is 112 Å². The number of pyridine rings is 1. The molecule has 1 aliphatic carbocycles. The molecule has 0 amide bonds. The van der Waals surface area contributed by atoms with Crippen LogP contribution in [0.2, 0.25) is 0 Å². The van der Waals surface area contributed by atoms with Gasteiger partial charge in [-0.15, -0.1) is 0 Å². The molecule has 0 aliphatic heterocycles. The number of alkyl halides is 1. The van der Waals surface area contributed by atoms with E-state index in [0.717, 1.165) is 18.8 Å². The number of hydrogen-bond donors (Lipinski definition) is 0. The van der Waals surface area contributed by atoms with Crippen LogP contribution in [0.1, 0.15) is 50.5 Å². The van der Waals surface area contributed by atoms with E-state index in [2.05, 4.69) is 33.9 Å². The minimum atomic E-state index is 0.644. The molecule has 0 N–H and O–H groups in total. The largest absolute Gasteiger partial charge is 0.492 e. The van der Waals surface area contributed by atoms with Crippen LogP contribution in [-0.4, -0.2) is 16.4 Å². The van der Waals surface area contributed by atoms with Gasteiger partial charge in [0.15, 0.2) is 0 Å². The normalized spacial score (nSPS) is 24.6. The summed E-state index contributed by atoms with van der Waals surface area (Å²) in [5.41, 5.74) is 1.34. The number of hydrogen-bond acceptors (Lipinski definition) is 2. The zero-order valence-corrected chi connectivity index (χ0v) is 11.9. The van der Waals surface area contributed by atoms with Gasteiger partial charge in [0.05, 0.1) is 12.8 Å². The van der Waals surface area contributed by atoms with Gasteiger partial charge >= 0.3 is 0 Å². The molecule has 0 bridgehead atoms. The summed E-state index contributed by atoms with van der Waals surface area (Å²) in [7, 11) is 0. The molecule has 2 nitrogen and oxygen atoms in total. The van der Waals surface area contributed by atoms with Crippen molar-refractivity contribution in [3.8, 4) is 5.75 Å². The van der Waals surface area contributed by atoms with Gasteiger partial charge in [-0.3, -0.25) is 4.98 Å². The maximum atomic E-state index is 5.64. The number of halogens is 1. The fourth-order valence-electron chi connectivity index (χ4n) is 2.39. The Balaban J connectivity index is 2.04. The SMILES string of the molecule is CCCOc1cncc(C2CCCC(Br)C2)c1. The summed E-state index contributed by atoms with van der Waals surface area (Å²) in [6, 6.07) is 2.17. The summed E-state index contributed by atoms with van der Waals surface area (Å²) in [5, 5.41) is 0. The van der Waals surface area contributed by atoms with Crippen LogP contribution >= 0.6 is 15.9 Å². The van der Waals surface area contributed by atoms with E-state index in [9.17, 15) is 0 Å². The fraction of sp³-hybridized carbons (Fsp3) is 0.643. The highest BCUT2D eigenvalue weighted by atomic mass is 79.9. The number of ether oxygens (including phenoxy) is 1. The second-order valence-electron chi connectivity index (χ2n) is 4.76. The maximum Gasteiger partial charge on any atom is 0.137 e. The van der Waals surface area contributed by atoms with Gasteiger partial charge in [0.1, 0.15) is 5.75 Å². The Hall–Kier alpha value is -0.570. The average Bonchev–Trinajstić information content (AvgIpc) is 2.37. The zero-order chi connectivity index (χ0) is 12.1. The summed E-state index contributed by atoms with van der Waals surface area (Å²) >= 11 is 3.73. The minimum Gasteiger partial charge on any atom is -0.492 e. The molecule has 1 fully saturated rings. The van der Waals surface area contributed by atoms with Crippen LogP contribution < -0.4 is 4.74 Å². The Morgan fingerprint density at radius 3 is 3.06 bits per heavy atom. The quantitative estimate of drug-likeness (QED) is 0.774. The highest BCUT2D eigenvalue weighted by molar-refractivity contribution is 9.09. The van der Waals surface area contributed by atoms with E-state index in [1.54, 1.807) is 0 Å². The Morgan fingerprint density at radius 2 is 2.29 bits per heavy atom. The van der Waals surface area contributed by atoms with Crippen LogP contribution in [0.3, 0.4) is 0 Å². The molecule has 0 spiro atoms. The van der Waals surface area contributed by atoms with Gasteiger partial charge in [-0.05, 0) is 43.2 Å². The molecular weight excluding hydrogens is 278 g/mol. The van der Waals surface area contributed by atoms with E-state index in [1.165, 1.54) is 31.2 Å². The minimum absolute atomic E-state index is 0.644. The number of nitrogens with zero attached hydrogens (tertiary/aromatic N) is 1. The lowest BCUT2D eigenvalue weighted by Crippen LogP contribution is -2.13. The molecule has 1 saturated carbocycles. The highest BCUT2D eigenvalue weighted by Gasteiger charge is 2.21. The first-order valence-electron chi connectivity index (χ1n) is 6.51. The van der Waals surface area contributed by atoms with Crippen LogP contribution in [0.15, 0.2) is 18.5 Å². The Bertz CT molecular complexity index is 356. The molecule has 1 aromatic rings. The van der Waals surface area contributed by atoms with Crippen molar-refractivity contribution in [3.05, 3.63) is 24.0 Å². The van der Waals surface area contributed by atoms with Crippen molar-refractivity contribution in [2.24, 2.45) is 0 Å². The van der Waals surface area contributed by atoms with Crippen molar-refractivity contribution in [2.45, 2.75) is 49.8 Å². The number of aromatic nitrogens is 1. The van der Waals surface area contributed by atoms with Crippen LogP contribution in [-0.2, 0) is 0 Å². The maximum absolute atomic E-state index is 5.64. The first-order valence-corrected chi connectivity index (χ1v) is 7.43. The van der Waals surface area contributed by atoms with Crippen molar-refractivity contribution >= 4 is 15.9 Å². The summed E-state index contributed by atoms with van der Waals surface area (Å²) in [5.74, 6) is 1.56. The van der Waals surface area contributed by atoms with E-state index in [0.29, 0.717) is 10.7 Å². The molecule has 1 aromatic heterocycles. The van der Waals surface area contributed by atoms with Crippen molar-refractivity contribution in [2.75, 3.05) is 6.61 Å². The zero-order valence-electron chi connectivity index (χ0n) is 10.4. The summed E-state index contributed by atoms with van der Waals surface area (Å²) in [6.07, 6.45) is 9.95. The third kappa shape index (κ3) is 3.70. The van der Waals surface area contributed by atoms with E-state index in [4.69, 9.17) is 4.74 Å². The van der Waals surface area contributed by atoms with Crippen LogP contribution in [0.4, 0.5) is 0 Å². The molecule has 0 aromatic carbocycles. The van der Waals surface area contributed by atoms with E-state index >= 15 is 0 Å². The lowest BCUT2D eigenvalue weighted by atomic mass is 9.85. The molecule has 0 saturated heterocycles. The fourth-order valence-corrected chi connectivity index (χ4v) is 3.17. The van der Waals surface area contributed by atoms with Crippen LogP contribution in [0.25, 0.3) is 0 Å². The van der Waals surface area contributed by atoms with Crippen molar-refractivity contribution in [1.82, 2.24) is 4.98 Å². The second-order valence-corrected chi connectivity index (χ2v) is 6.06. The molecular formula is C14H20BrNO.